The zero-order valence-corrected chi connectivity index (χ0v) is 21.8. The number of hydrogen-bond donors (Lipinski definition) is 0. The minimum atomic E-state index is -4.01. The van der Waals surface area contributed by atoms with Gasteiger partial charge in [-0.25, -0.2) is 8.42 Å². The van der Waals surface area contributed by atoms with Crippen LogP contribution in [0, 0.1) is 0 Å². The van der Waals surface area contributed by atoms with Crippen molar-refractivity contribution in [3.8, 4) is 33.4 Å². The van der Waals surface area contributed by atoms with Crippen LogP contribution in [-0.4, -0.2) is 14.2 Å². The van der Waals surface area contributed by atoms with Gasteiger partial charge in [0.25, 0.3) is 0 Å². The second-order valence-corrected chi connectivity index (χ2v) is 12.2. The first-order valence-corrected chi connectivity index (χ1v) is 14.6. The molecule has 0 saturated heterocycles. The minimum absolute atomic E-state index is 0.0474. The lowest BCUT2D eigenvalue weighted by molar-refractivity contribution is 0.103. The Morgan fingerprint density at radius 1 is 0.525 bits per heavy atom. The number of carbonyl (C=O) groups excluding carboxylic acids is 1. The van der Waals surface area contributed by atoms with E-state index in [9.17, 15) is 13.2 Å². The van der Waals surface area contributed by atoms with Gasteiger partial charge < -0.3 is 4.42 Å². The Bertz CT molecular complexity index is 2410. The lowest BCUT2D eigenvalue weighted by atomic mass is 9.88. The third-order valence-electron chi connectivity index (χ3n) is 8.35. The summed E-state index contributed by atoms with van der Waals surface area (Å²) in [5, 5.41) is 3.99. The number of furan rings is 1. The number of benzene rings is 6. The average molecular weight is 535 g/mol. The highest BCUT2D eigenvalue weighted by Gasteiger charge is 2.38. The summed E-state index contributed by atoms with van der Waals surface area (Å²) in [5.41, 5.74) is 7.17. The Kier molecular flexibility index (Phi) is 4.02. The molecule has 0 fully saturated rings. The van der Waals surface area contributed by atoms with Crippen LogP contribution in [0.4, 0.5) is 0 Å². The molecule has 0 bridgehead atoms. The zero-order chi connectivity index (χ0) is 26.7. The van der Waals surface area contributed by atoms with Crippen LogP contribution < -0.4 is 0 Å². The maximum absolute atomic E-state index is 14.3. The molecule has 1 aliphatic heterocycles. The quantitative estimate of drug-likeness (QED) is 0.212. The topological polar surface area (TPSA) is 64.3 Å². The highest BCUT2D eigenvalue weighted by molar-refractivity contribution is 7.92. The molecule has 2 aliphatic rings. The van der Waals surface area contributed by atoms with E-state index in [-0.39, 0.29) is 26.7 Å². The van der Waals surface area contributed by atoms with Crippen LogP contribution in [0.1, 0.15) is 15.9 Å². The van der Waals surface area contributed by atoms with Crippen molar-refractivity contribution >= 4 is 48.3 Å². The molecule has 2 heterocycles. The smallest absolute Gasteiger partial charge is 0.208 e. The van der Waals surface area contributed by atoms with Crippen LogP contribution in [0.15, 0.2) is 123 Å². The van der Waals surface area contributed by atoms with Gasteiger partial charge in [-0.1, -0.05) is 78.9 Å². The van der Waals surface area contributed by atoms with Crippen molar-refractivity contribution in [2.75, 3.05) is 0 Å². The molecular weight excluding hydrogens is 516 g/mol. The van der Waals surface area contributed by atoms with Gasteiger partial charge in [-0.3, -0.25) is 4.79 Å². The van der Waals surface area contributed by atoms with E-state index in [0.29, 0.717) is 11.1 Å². The lowest BCUT2D eigenvalue weighted by Gasteiger charge is -2.23. The molecule has 188 valence electrons. The van der Waals surface area contributed by atoms with E-state index in [0.717, 1.165) is 54.9 Å². The highest BCUT2D eigenvalue weighted by atomic mass is 32.2. The van der Waals surface area contributed by atoms with Crippen molar-refractivity contribution in [1.82, 2.24) is 0 Å². The maximum atomic E-state index is 14.3. The first-order valence-electron chi connectivity index (χ1n) is 13.1. The van der Waals surface area contributed by atoms with Crippen LogP contribution in [0.2, 0.25) is 0 Å². The summed E-state index contributed by atoms with van der Waals surface area (Å²) in [4.78, 5) is 13.8. The third-order valence-corrected chi connectivity index (χ3v) is 10.3. The van der Waals surface area contributed by atoms with Gasteiger partial charge >= 0.3 is 0 Å². The van der Waals surface area contributed by atoms with E-state index in [2.05, 4.69) is 30.3 Å². The molecule has 6 aromatic carbocycles. The Morgan fingerprint density at radius 2 is 1.20 bits per heavy atom. The fourth-order valence-corrected chi connectivity index (χ4v) is 8.61. The number of rotatable bonds is 1. The predicted molar refractivity (Wildman–Crippen MR) is 156 cm³/mol. The van der Waals surface area contributed by atoms with E-state index in [1.54, 1.807) is 30.3 Å². The molecule has 0 unspecified atom stereocenters. The van der Waals surface area contributed by atoms with Crippen LogP contribution >= 0.6 is 0 Å². The maximum Gasteiger partial charge on any atom is 0.208 e. The van der Waals surface area contributed by atoms with Crippen molar-refractivity contribution in [1.29, 1.82) is 0 Å². The first-order chi connectivity index (χ1) is 19.5. The van der Waals surface area contributed by atoms with Gasteiger partial charge in [0.15, 0.2) is 5.78 Å². The normalized spacial score (nSPS) is 14.4. The SMILES string of the molecule is O=C1c2ccccc2S(=O)(=O)c2c1cccc2-c1c2c(cc3oc4ccccc4c13)-c1cccc3cccc-2c13. The number of hydrogen-bond acceptors (Lipinski definition) is 4. The predicted octanol–water partition coefficient (Wildman–Crippen LogP) is 8.43. The van der Waals surface area contributed by atoms with Crippen LogP contribution in [-0.2, 0) is 9.84 Å². The van der Waals surface area contributed by atoms with E-state index in [4.69, 9.17) is 4.42 Å². The highest BCUT2D eigenvalue weighted by Crippen LogP contribution is 2.56. The molecule has 0 amide bonds. The van der Waals surface area contributed by atoms with Crippen LogP contribution in [0.5, 0.6) is 0 Å². The molecular formula is C35H18O4S. The second kappa shape index (κ2) is 7.34. The van der Waals surface area contributed by atoms with E-state index in [1.165, 1.54) is 6.07 Å². The standard InChI is InChI=1S/C35H18O4S/c36-34-22-11-2-4-17-29(22)40(37,38)35-24(14-7-15-25(34)35)33-31-23-13-6-9-19-8-5-12-20(30(19)23)26(31)18-28-32(33)21-10-1-3-16-27(21)39-28/h1-18H. The molecule has 40 heavy (non-hydrogen) atoms. The summed E-state index contributed by atoms with van der Waals surface area (Å²) < 4.78 is 35.0. The van der Waals surface area contributed by atoms with E-state index >= 15 is 0 Å². The lowest BCUT2D eigenvalue weighted by Crippen LogP contribution is -2.21. The Labute approximate surface area is 229 Å². The monoisotopic (exact) mass is 534 g/mol. The van der Waals surface area contributed by atoms with Gasteiger partial charge in [0.2, 0.25) is 9.84 Å². The summed E-state index contributed by atoms with van der Waals surface area (Å²) in [6, 6.07) is 34.1. The van der Waals surface area contributed by atoms with Gasteiger partial charge in [0.05, 0.1) is 9.79 Å². The van der Waals surface area contributed by atoms with Gasteiger partial charge in [0.1, 0.15) is 11.2 Å². The summed E-state index contributed by atoms with van der Waals surface area (Å²) in [7, 11) is -4.01. The molecule has 9 rings (SSSR count). The fourth-order valence-electron chi connectivity index (χ4n) is 6.77. The molecule has 1 aliphatic carbocycles. The molecule has 7 aromatic rings. The number of fused-ring (bicyclic) bond motifs is 8. The van der Waals surface area contributed by atoms with Crippen molar-refractivity contribution in [3.05, 3.63) is 120 Å². The van der Waals surface area contributed by atoms with Crippen molar-refractivity contribution in [3.63, 3.8) is 0 Å². The van der Waals surface area contributed by atoms with Gasteiger partial charge in [-0.2, -0.15) is 0 Å². The van der Waals surface area contributed by atoms with Crippen molar-refractivity contribution in [2.24, 2.45) is 0 Å². The third kappa shape index (κ3) is 2.56. The van der Waals surface area contributed by atoms with Gasteiger partial charge in [-0.15, -0.1) is 0 Å². The molecule has 0 spiro atoms. The molecule has 4 nitrogen and oxygen atoms in total. The Balaban J connectivity index is 1.52. The molecule has 1 aromatic heterocycles. The Hall–Kier alpha value is -5.00. The minimum Gasteiger partial charge on any atom is -0.456 e. The molecule has 0 N–H and O–H groups in total. The van der Waals surface area contributed by atoms with Gasteiger partial charge in [0, 0.05) is 33.0 Å². The zero-order valence-electron chi connectivity index (χ0n) is 20.9. The Morgan fingerprint density at radius 3 is 2.08 bits per heavy atom. The van der Waals surface area contributed by atoms with Crippen molar-refractivity contribution in [2.45, 2.75) is 9.79 Å². The molecule has 0 atom stereocenters. The molecule has 5 heteroatoms. The summed E-state index contributed by atoms with van der Waals surface area (Å²) >= 11 is 0. The van der Waals surface area contributed by atoms with Gasteiger partial charge in [-0.05, 0) is 63.4 Å². The average Bonchev–Trinajstić information content (AvgIpc) is 3.52. The first kappa shape index (κ1) is 21.9. The van der Waals surface area contributed by atoms with Crippen molar-refractivity contribution < 1.29 is 17.6 Å². The molecule has 0 saturated carbocycles. The largest absolute Gasteiger partial charge is 0.456 e. The summed E-state index contributed by atoms with van der Waals surface area (Å²) in [6.45, 7) is 0. The van der Waals surface area contributed by atoms with E-state index in [1.807, 2.05) is 42.5 Å². The number of para-hydroxylation sites is 1. The van der Waals surface area contributed by atoms with Crippen LogP contribution in [0.3, 0.4) is 0 Å². The fraction of sp³-hybridized carbons (Fsp3) is 0. The summed E-state index contributed by atoms with van der Waals surface area (Å²) in [6.07, 6.45) is 0. The molecule has 0 radical (unpaired) electrons. The number of carbonyl (C=O) groups is 1. The van der Waals surface area contributed by atoms with Crippen LogP contribution in [0.25, 0.3) is 66.1 Å². The number of ketones is 1. The summed E-state index contributed by atoms with van der Waals surface area (Å²) in [5.74, 6) is -0.284. The second-order valence-electron chi connectivity index (χ2n) is 10.4. The van der Waals surface area contributed by atoms with E-state index < -0.39 is 9.84 Å². The number of sulfone groups is 1.